The van der Waals surface area contributed by atoms with Crippen LogP contribution in [0, 0.1) is 0 Å². The highest BCUT2D eigenvalue weighted by Crippen LogP contribution is 2.33. The van der Waals surface area contributed by atoms with Crippen molar-refractivity contribution in [3.05, 3.63) is 64.7 Å². The zero-order chi connectivity index (χ0) is 25.7. The highest BCUT2D eigenvalue weighted by molar-refractivity contribution is 6.01. The second-order valence-electron chi connectivity index (χ2n) is 9.72. The Morgan fingerprint density at radius 1 is 1.14 bits per heavy atom. The molecule has 8 heteroatoms. The monoisotopic (exact) mass is 492 g/mol. The summed E-state index contributed by atoms with van der Waals surface area (Å²) in [6.45, 7) is 8.13. The van der Waals surface area contributed by atoms with E-state index in [0.717, 1.165) is 37.0 Å². The Kier molecular flexibility index (Phi) is 8.38. The number of carbonyl (C=O) groups is 3. The summed E-state index contributed by atoms with van der Waals surface area (Å²) >= 11 is 0. The molecule has 0 spiro atoms. The van der Waals surface area contributed by atoms with E-state index in [2.05, 4.69) is 53.6 Å². The minimum Gasteiger partial charge on any atom is -0.489 e. The smallest absolute Gasteiger partial charge is 0.255 e. The van der Waals surface area contributed by atoms with Crippen LogP contribution >= 0.6 is 0 Å². The predicted octanol–water partition coefficient (Wildman–Crippen LogP) is 2.50. The molecule has 2 aliphatic heterocycles. The lowest BCUT2D eigenvalue weighted by Crippen LogP contribution is -2.54. The first-order valence-corrected chi connectivity index (χ1v) is 12.7. The van der Waals surface area contributed by atoms with E-state index >= 15 is 0 Å². The Balaban J connectivity index is 1.41. The predicted molar refractivity (Wildman–Crippen MR) is 138 cm³/mol. The molecule has 0 saturated carbocycles. The molecule has 2 heterocycles. The van der Waals surface area contributed by atoms with Gasteiger partial charge in [-0.05, 0) is 43.5 Å². The maximum atomic E-state index is 13.1. The third-order valence-corrected chi connectivity index (χ3v) is 7.23. The van der Waals surface area contributed by atoms with Crippen LogP contribution in [0.5, 0.6) is 5.75 Å². The molecule has 4 rings (SSSR count). The van der Waals surface area contributed by atoms with Gasteiger partial charge in [-0.15, -0.1) is 0 Å². The van der Waals surface area contributed by atoms with Crippen molar-refractivity contribution in [3.63, 3.8) is 0 Å². The van der Waals surface area contributed by atoms with Gasteiger partial charge in [0.2, 0.25) is 5.91 Å². The van der Waals surface area contributed by atoms with Gasteiger partial charge in [0.1, 0.15) is 24.7 Å². The van der Waals surface area contributed by atoms with E-state index in [4.69, 9.17) is 4.74 Å². The van der Waals surface area contributed by atoms with Gasteiger partial charge in [-0.25, -0.2) is 0 Å². The van der Waals surface area contributed by atoms with Crippen LogP contribution in [0.2, 0.25) is 0 Å². The van der Waals surface area contributed by atoms with Crippen LogP contribution in [-0.4, -0.2) is 66.2 Å². The summed E-state index contributed by atoms with van der Waals surface area (Å²) in [7, 11) is 1.54. The van der Waals surface area contributed by atoms with Crippen molar-refractivity contribution in [2.75, 3.05) is 20.1 Å². The van der Waals surface area contributed by atoms with Crippen molar-refractivity contribution >= 4 is 18.1 Å². The Hall–Kier alpha value is -3.23. The maximum absolute atomic E-state index is 13.1. The number of likely N-dealkylation sites (N-methyl/N-ethyl adjacent to an activating group) is 1. The average molecular weight is 493 g/mol. The molecule has 8 nitrogen and oxygen atoms in total. The van der Waals surface area contributed by atoms with Crippen molar-refractivity contribution in [1.82, 2.24) is 20.4 Å². The number of amides is 2. The first-order chi connectivity index (χ1) is 17.4. The minimum atomic E-state index is -0.693. The number of piperazine rings is 1. The molecule has 0 aliphatic carbocycles. The van der Waals surface area contributed by atoms with Crippen LogP contribution in [0.1, 0.15) is 53.7 Å². The van der Waals surface area contributed by atoms with Gasteiger partial charge < -0.3 is 25.1 Å². The third-order valence-electron chi connectivity index (χ3n) is 7.23. The molecular weight excluding hydrogens is 456 g/mol. The molecule has 3 atom stereocenters. The van der Waals surface area contributed by atoms with Gasteiger partial charge >= 0.3 is 0 Å². The van der Waals surface area contributed by atoms with Crippen LogP contribution in [0.3, 0.4) is 0 Å². The van der Waals surface area contributed by atoms with Gasteiger partial charge in [0.15, 0.2) is 0 Å². The van der Waals surface area contributed by atoms with E-state index in [1.54, 1.807) is 12.1 Å². The number of rotatable bonds is 10. The first-order valence-electron chi connectivity index (χ1n) is 12.7. The first kappa shape index (κ1) is 25.9. The van der Waals surface area contributed by atoms with Gasteiger partial charge in [0.25, 0.3) is 5.91 Å². The van der Waals surface area contributed by atoms with Crippen LogP contribution in [-0.2, 0) is 29.3 Å². The van der Waals surface area contributed by atoms with E-state index in [1.807, 2.05) is 6.07 Å². The lowest BCUT2D eigenvalue weighted by atomic mass is 10.1. The molecule has 1 saturated heterocycles. The number of benzene rings is 2. The molecule has 2 aromatic rings. The molecule has 2 N–H and O–H groups in total. The Bertz CT molecular complexity index is 1080. The average Bonchev–Trinajstić information content (AvgIpc) is 3.22. The standard InChI is InChI=1S/C28H36N4O4/c1-19-14-30-15-20(2)31(19)16-21-9-11-22(12-10-21)18-36-26-8-4-6-23-24(26)17-32(28(23)35)25(7-5-13-33)27(34)29-3/h4,6,8-13,19-20,25,30H,5,7,14-18H2,1-3H3,(H,29,34). The zero-order valence-electron chi connectivity index (χ0n) is 21.3. The van der Waals surface area contributed by atoms with E-state index in [9.17, 15) is 14.4 Å². The quantitative estimate of drug-likeness (QED) is 0.496. The number of nitrogens with zero attached hydrogens (tertiary/aromatic N) is 2. The number of ether oxygens (including phenoxy) is 1. The highest BCUT2D eigenvalue weighted by Gasteiger charge is 2.37. The van der Waals surface area contributed by atoms with Crippen LogP contribution in [0.15, 0.2) is 42.5 Å². The van der Waals surface area contributed by atoms with Crippen molar-refractivity contribution in [1.29, 1.82) is 0 Å². The second kappa shape index (κ2) is 11.7. The highest BCUT2D eigenvalue weighted by atomic mass is 16.5. The number of aldehydes is 1. The number of fused-ring (bicyclic) bond motifs is 1. The second-order valence-corrected chi connectivity index (χ2v) is 9.72. The van der Waals surface area contributed by atoms with Crippen molar-refractivity contribution in [2.24, 2.45) is 0 Å². The maximum Gasteiger partial charge on any atom is 0.255 e. The molecule has 2 aromatic carbocycles. The summed E-state index contributed by atoms with van der Waals surface area (Å²) in [4.78, 5) is 40.5. The topological polar surface area (TPSA) is 91.0 Å². The number of hydrogen-bond donors (Lipinski definition) is 2. The molecule has 3 unspecified atom stereocenters. The molecule has 2 amide bonds. The van der Waals surface area contributed by atoms with Crippen molar-refractivity contribution in [3.8, 4) is 5.75 Å². The zero-order valence-corrected chi connectivity index (χ0v) is 21.3. The van der Waals surface area contributed by atoms with Crippen LogP contribution in [0.4, 0.5) is 0 Å². The van der Waals surface area contributed by atoms with Gasteiger partial charge in [0.05, 0.1) is 6.54 Å². The van der Waals surface area contributed by atoms with E-state index in [-0.39, 0.29) is 31.2 Å². The Labute approximate surface area is 213 Å². The fourth-order valence-corrected chi connectivity index (χ4v) is 5.13. The molecule has 0 aromatic heterocycles. The van der Waals surface area contributed by atoms with Crippen LogP contribution < -0.4 is 15.4 Å². The van der Waals surface area contributed by atoms with E-state index in [0.29, 0.717) is 30.0 Å². The lowest BCUT2D eigenvalue weighted by Gasteiger charge is -2.39. The van der Waals surface area contributed by atoms with Crippen molar-refractivity contribution in [2.45, 2.75) is 64.5 Å². The van der Waals surface area contributed by atoms with Crippen LogP contribution in [0.25, 0.3) is 0 Å². The molecule has 36 heavy (non-hydrogen) atoms. The molecule has 1 fully saturated rings. The van der Waals surface area contributed by atoms with Gasteiger partial charge in [-0.1, -0.05) is 30.3 Å². The SMILES string of the molecule is CNC(=O)C(CCC=O)N1Cc2c(OCc3ccc(CN4C(C)CNCC4C)cc3)cccc2C1=O. The summed E-state index contributed by atoms with van der Waals surface area (Å²) in [6.07, 6.45) is 1.27. The normalized spacial score (nSPS) is 20.6. The fourth-order valence-electron chi connectivity index (χ4n) is 5.13. The molecule has 2 aliphatic rings. The largest absolute Gasteiger partial charge is 0.489 e. The summed E-state index contributed by atoms with van der Waals surface area (Å²) < 4.78 is 6.15. The Morgan fingerprint density at radius 2 is 1.83 bits per heavy atom. The lowest BCUT2D eigenvalue weighted by molar-refractivity contribution is -0.125. The van der Waals surface area contributed by atoms with E-state index in [1.165, 1.54) is 17.5 Å². The molecular formula is C28H36N4O4. The van der Waals surface area contributed by atoms with Gasteiger partial charge in [0, 0.05) is 56.3 Å². The fraction of sp³-hybridized carbons (Fsp3) is 0.464. The van der Waals surface area contributed by atoms with Gasteiger partial charge in [-0.3, -0.25) is 14.5 Å². The summed E-state index contributed by atoms with van der Waals surface area (Å²) in [5.74, 6) is 0.155. The molecule has 0 bridgehead atoms. The van der Waals surface area contributed by atoms with Crippen molar-refractivity contribution < 1.29 is 19.1 Å². The number of nitrogens with one attached hydrogen (secondary N) is 2. The third kappa shape index (κ3) is 5.60. The van der Waals surface area contributed by atoms with E-state index < -0.39 is 6.04 Å². The number of carbonyl (C=O) groups excluding carboxylic acids is 3. The minimum absolute atomic E-state index is 0.212. The number of hydrogen-bond acceptors (Lipinski definition) is 6. The molecule has 0 radical (unpaired) electrons. The summed E-state index contributed by atoms with van der Waals surface area (Å²) in [5, 5.41) is 6.08. The summed E-state index contributed by atoms with van der Waals surface area (Å²) in [5.41, 5.74) is 3.65. The molecule has 192 valence electrons. The Morgan fingerprint density at radius 3 is 2.50 bits per heavy atom. The summed E-state index contributed by atoms with van der Waals surface area (Å²) in [6, 6.07) is 14.2. The van der Waals surface area contributed by atoms with Gasteiger partial charge in [-0.2, -0.15) is 0 Å².